The molecule has 1 aliphatic heterocycles. The van der Waals surface area contributed by atoms with E-state index in [0.29, 0.717) is 10.9 Å². The van der Waals surface area contributed by atoms with Gasteiger partial charge < -0.3 is 4.74 Å². The number of aromatic nitrogens is 2. The van der Waals surface area contributed by atoms with E-state index in [1.54, 1.807) is 11.8 Å². The van der Waals surface area contributed by atoms with Gasteiger partial charge in [-0.2, -0.15) is 11.8 Å². The van der Waals surface area contributed by atoms with Gasteiger partial charge in [-0.3, -0.25) is 9.71 Å². The zero-order valence-electron chi connectivity index (χ0n) is 9.70. The predicted octanol–water partition coefficient (Wildman–Crippen LogP) is 2.12. The first-order valence-corrected chi connectivity index (χ1v) is 9.07. The van der Waals surface area contributed by atoms with Gasteiger partial charge in [0.25, 0.3) is 0 Å². The van der Waals surface area contributed by atoms with Gasteiger partial charge in [0.2, 0.25) is 21.9 Å². The van der Waals surface area contributed by atoms with Gasteiger partial charge in [-0.25, -0.2) is 13.4 Å². The average molecular weight is 317 g/mol. The standard InChI is InChI=1S/C10H11N3O3S3/c14-19(15,6-7-5-18-7)13-10-11-4-8(12-10)16-9-2-1-3-17-9/h1-4,7H,5-6H2,(H2,11,12,13). The van der Waals surface area contributed by atoms with Crippen molar-refractivity contribution < 1.29 is 13.2 Å². The van der Waals surface area contributed by atoms with Crippen molar-refractivity contribution in [3.8, 4) is 10.9 Å². The van der Waals surface area contributed by atoms with Crippen molar-refractivity contribution in [1.29, 1.82) is 0 Å². The molecule has 1 aliphatic rings. The van der Waals surface area contributed by atoms with Crippen molar-refractivity contribution in [2.75, 3.05) is 16.2 Å². The number of H-pyrrole nitrogens is 1. The van der Waals surface area contributed by atoms with Crippen LogP contribution in [0.4, 0.5) is 5.95 Å². The molecule has 1 atom stereocenters. The fourth-order valence-electron chi connectivity index (χ4n) is 1.44. The van der Waals surface area contributed by atoms with E-state index >= 15 is 0 Å². The largest absolute Gasteiger partial charge is 0.429 e. The third kappa shape index (κ3) is 3.64. The summed E-state index contributed by atoms with van der Waals surface area (Å²) in [5.74, 6) is 1.61. The Morgan fingerprint density at radius 2 is 2.42 bits per heavy atom. The van der Waals surface area contributed by atoms with E-state index in [0.717, 1.165) is 5.75 Å². The van der Waals surface area contributed by atoms with Crippen LogP contribution in [0.25, 0.3) is 0 Å². The minimum Gasteiger partial charge on any atom is -0.429 e. The van der Waals surface area contributed by atoms with Crippen LogP contribution in [-0.4, -0.2) is 35.1 Å². The molecule has 0 aromatic carbocycles. The highest BCUT2D eigenvalue weighted by atomic mass is 32.2. The Morgan fingerprint density at radius 3 is 3.11 bits per heavy atom. The second-order valence-electron chi connectivity index (χ2n) is 3.97. The Morgan fingerprint density at radius 1 is 1.58 bits per heavy atom. The third-order valence-corrected chi connectivity index (χ3v) is 5.59. The molecule has 1 saturated heterocycles. The summed E-state index contributed by atoms with van der Waals surface area (Å²) in [4.78, 5) is 6.71. The monoisotopic (exact) mass is 317 g/mol. The molecule has 6 nitrogen and oxygen atoms in total. The third-order valence-electron chi connectivity index (χ3n) is 2.32. The number of anilines is 1. The van der Waals surface area contributed by atoms with Gasteiger partial charge >= 0.3 is 0 Å². The van der Waals surface area contributed by atoms with Crippen LogP contribution in [0.5, 0.6) is 10.9 Å². The maximum atomic E-state index is 11.8. The molecule has 2 aromatic heterocycles. The number of thioether (sulfide) groups is 1. The minimum absolute atomic E-state index is 0.124. The molecule has 0 saturated carbocycles. The number of hydrogen-bond donors (Lipinski definition) is 2. The summed E-state index contributed by atoms with van der Waals surface area (Å²) in [5, 5.41) is 2.82. The van der Waals surface area contributed by atoms with Crippen LogP contribution in [0.3, 0.4) is 0 Å². The van der Waals surface area contributed by atoms with Crippen LogP contribution in [0.2, 0.25) is 0 Å². The quantitative estimate of drug-likeness (QED) is 0.797. The molecule has 0 amide bonds. The van der Waals surface area contributed by atoms with Gasteiger partial charge in [-0.1, -0.05) is 0 Å². The fraction of sp³-hybridized carbons (Fsp3) is 0.300. The molecule has 9 heteroatoms. The van der Waals surface area contributed by atoms with Crippen LogP contribution in [-0.2, 0) is 10.0 Å². The molecule has 1 fully saturated rings. The maximum absolute atomic E-state index is 11.8. The first kappa shape index (κ1) is 12.8. The van der Waals surface area contributed by atoms with Gasteiger partial charge in [0.05, 0.1) is 11.9 Å². The molecule has 3 heterocycles. The second-order valence-corrected chi connectivity index (χ2v) is 7.98. The highest BCUT2D eigenvalue weighted by Gasteiger charge is 2.29. The zero-order valence-corrected chi connectivity index (χ0v) is 12.1. The summed E-state index contributed by atoms with van der Waals surface area (Å²) >= 11 is 3.09. The summed E-state index contributed by atoms with van der Waals surface area (Å²) in [6, 6.07) is 3.69. The van der Waals surface area contributed by atoms with Gasteiger partial charge in [-0.05, 0) is 17.5 Å². The molecular formula is C10H11N3O3S3. The summed E-state index contributed by atoms with van der Waals surface area (Å²) in [5.41, 5.74) is 0. The van der Waals surface area contributed by atoms with Crippen molar-refractivity contribution in [2.24, 2.45) is 0 Å². The summed E-state index contributed by atoms with van der Waals surface area (Å²) < 4.78 is 31.4. The SMILES string of the molecule is O=S(=O)(CC1CS1)Nc1ncc(Oc2cccs2)[nH]1. The Balaban J connectivity index is 1.64. The van der Waals surface area contributed by atoms with Crippen molar-refractivity contribution >= 4 is 39.1 Å². The Bertz CT molecular complexity index is 647. The number of nitrogens with zero attached hydrogens (tertiary/aromatic N) is 1. The van der Waals surface area contributed by atoms with Crippen molar-refractivity contribution in [3.63, 3.8) is 0 Å². The van der Waals surface area contributed by atoms with Gasteiger partial charge in [-0.15, -0.1) is 11.3 Å². The van der Waals surface area contributed by atoms with Crippen molar-refractivity contribution in [2.45, 2.75) is 5.25 Å². The van der Waals surface area contributed by atoms with Crippen molar-refractivity contribution in [1.82, 2.24) is 9.97 Å². The van der Waals surface area contributed by atoms with E-state index in [-0.39, 0.29) is 17.0 Å². The van der Waals surface area contributed by atoms with Crippen molar-refractivity contribution in [3.05, 3.63) is 23.7 Å². The topological polar surface area (TPSA) is 84.1 Å². The number of sulfonamides is 1. The molecule has 102 valence electrons. The van der Waals surface area contributed by atoms with Gasteiger partial charge in [0.15, 0.2) is 5.06 Å². The van der Waals surface area contributed by atoms with E-state index < -0.39 is 10.0 Å². The molecule has 0 bridgehead atoms. The number of ether oxygens (including phenoxy) is 1. The summed E-state index contributed by atoms with van der Waals surface area (Å²) in [7, 11) is -3.34. The Kier molecular flexibility index (Phi) is 3.42. The number of imidazole rings is 1. The van der Waals surface area contributed by atoms with Gasteiger partial charge in [0, 0.05) is 11.0 Å². The average Bonchev–Trinajstić information content (AvgIpc) is 2.83. The molecule has 1 unspecified atom stereocenters. The Labute approximate surface area is 118 Å². The smallest absolute Gasteiger partial charge is 0.236 e. The molecule has 2 N–H and O–H groups in total. The van der Waals surface area contributed by atoms with Crippen LogP contribution < -0.4 is 9.46 Å². The minimum atomic E-state index is -3.34. The highest BCUT2D eigenvalue weighted by Crippen LogP contribution is 2.31. The van der Waals surface area contributed by atoms with E-state index in [4.69, 9.17) is 4.74 Å². The lowest BCUT2D eigenvalue weighted by atomic mass is 10.6. The molecule has 0 spiro atoms. The number of aromatic amines is 1. The number of rotatable bonds is 6. The summed E-state index contributed by atoms with van der Waals surface area (Å²) in [6.07, 6.45) is 1.45. The molecule has 2 aromatic rings. The van der Waals surface area contributed by atoms with E-state index in [1.165, 1.54) is 17.5 Å². The number of thiophene rings is 1. The van der Waals surface area contributed by atoms with Crippen LogP contribution in [0.15, 0.2) is 23.7 Å². The molecule has 0 radical (unpaired) electrons. The van der Waals surface area contributed by atoms with Crippen LogP contribution >= 0.6 is 23.1 Å². The lowest BCUT2D eigenvalue weighted by Crippen LogP contribution is -2.20. The van der Waals surface area contributed by atoms with E-state index in [1.807, 2.05) is 17.5 Å². The Hall–Kier alpha value is -1.19. The van der Waals surface area contributed by atoms with E-state index in [2.05, 4.69) is 14.7 Å². The highest BCUT2D eigenvalue weighted by molar-refractivity contribution is 8.08. The van der Waals surface area contributed by atoms with E-state index in [9.17, 15) is 8.42 Å². The molecule has 19 heavy (non-hydrogen) atoms. The number of hydrogen-bond acceptors (Lipinski definition) is 6. The summed E-state index contributed by atoms with van der Waals surface area (Å²) in [6.45, 7) is 0. The molecule has 3 rings (SSSR count). The molecule has 0 aliphatic carbocycles. The van der Waals surface area contributed by atoms with Crippen LogP contribution in [0, 0.1) is 0 Å². The predicted molar refractivity (Wildman–Crippen MR) is 76.6 cm³/mol. The lowest BCUT2D eigenvalue weighted by molar-refractivity contribution is 0.479. The van der Waals surface area contributed by atoms with Crippen LogP contribution in [0.1, 0.15) is 0 Å². The fourth-order valence-corrected chi connectivity index (χ4v) is 4.44. The first-order chi connectivity index (χ1) is 9.11. The number of nitrogens with one attached hydrogen (secondary N) is 2. The molecular weight excluding hydrogens is 306 g/mol. The van der Waals surface area contributed by atoms with Gasteiger partial charge in [0.1, 0.15) is 0 Å². The second kappa shape index (κ2) is 5.06. The first-order valence-electron chi connectivity index (χ1n) is 5.49. The zero-order chi connectivity index (χ0) is 13.3. The normalized spacial score (nSPS) is 18.2. The lowest BCUT2D eigenvalue weighted by Gasteiger charge is -2.03. The maximum Gasteiger partial charge on any atom is 0.236 e.